The van der Waals surface area contributed by atoms with Crippen LogP contribution in [-0.2, 0) is 11.2 Å². The van der Waals surface area contributed by atoms with E-state index in [4.69, 9.17) is 0 Å². The van der Waals surface area contributed by atoms with Gasteiger partial charge in [0.1, 0.15) is 17.5 Å². The Hall–Kier alpha value is -1.82. The van der Waals surface area contributed by atoms with Crippen LogP contribution >= 0.6 is 15.9 Å². The largest absolute Gasteiger partial charge is 0.326 e. The van der Waals surface area contributed by atoms with Crippen LogP contribution in [0.1, 0.15) is 5.56 Å². The van der Waals surface area contributed by atoms with Crippen molar-refractivity contribution < 1.29 is 18.0 Å². The summed E-state index contributed by atoms with van der Waals surface area (Å²) in [6.45, 7) is 0. The molecule has 6 heteroatoms. The van der Waals surface area contributed by atoms with Crippen molar-refractivity contribution in [3.63, 3.8) is 0 Å². The van der Waals surface area contributed by atoms with E-state index in [1.165, 1.54) is 24.3 Å². The predicted octanol–water partition coefficient (Wildman–Crippen LogP) is 4.05. The van der Waals surface area contributed by atoms with Crippen LogP contribution in [0.5, 0.6) is 0 Å². The number of benzene rings is 2. The molecule has 0 aromatic heterocycles. The Balaban J connectivity index is 2.11. The number of amides is 1. The molecule has 2 nitrogen and oxygen atoms in total. The molecule has 2 aromatic rings. The quantitative estimate of drug-likeness (QED) is 0.894. The molecule has 0 saturated carbocycles. The van der Waals surface area contributed by atoms with Gasteiger partial charge in [0, 0.05) is 11.3 Å². The molecular weight excluding hydrogens is 335 g/mol. The van der Waals surface area contributed by atoms with Gasteiger partial charge in [0.25, 0.3) is 0 Å². The zero-order valence-corrected chi connectivity index (χ0v) is 11.7. The molecule has 2 rings (SSSR count). The van der Waals surface area contributed by atoms with E-state index < -0.39 is 29.8 Å². The molecule has 0 heterocycles. The van der Waals surface area contributed by atoms with Crippen LogP contribution in [0, 0.1) is 17.5 Å². The molecule has 1 amide bonds. The van der Waals surface area contributed by atoms with E-state index in [0.29, 0.717) is 5.69 Å². The lowest BCUT2D eigenvalue weighted by molar-refractivity contribution is -0.115. The fraction of sp³-hybridized carbons (Fsp3) is 0.0714. The van der Waals surface area contributed by atoms with Gasteiger partial charge in [-0.05, 0) is 46.3 Å². The fourth-order valence-corrected chi connectivity index (χ4v) is 2.02. The first-order valence-corrected chi connectivity index (χ1v) is 6.44. The molecule has 0 atom stereocenters. The second-order valence-electron chi connectivity index (χ2n) is 4.05. The van der Waals surface area contributed by atoms with Crippen LogP contribution in [0.4, 0.5) is 18.9 Å². The first-order valence-electron chi connectivity index (χ1n) is 5.65. The lowest BCUT2D eigenvalue weighted by Crippen LogP contribution is -2.16. The maximum atomic E-state index is 13.4. The lowest BCUT2D eigenvalue weighted by Gasteiger charge is -2.07. The summed E-state index contributed by atoms with van der Waals surface area (Å²) in [6, 6.07) is 7.29. The number of carbonyl (C=O) groups is 1. The van der Waals surface area contributed by atoms with Crippen molar-refractivity contribution in [3.8, 4) is 0 Å². The summed E-state index contributed by atoms with van der Waals surface area (Å²) in [7, 11) is 0. The molecule has 0 aliphatic carbocycles. The minimum Gasteiger partial charge on any atom is -0.326 e. The van der Waals surface area contributed by atoms with Gasteiger partial charge in [0.2, 0.25) is 5.91 Å². The highest BCUT2D eigenvalue weighted by atomic mass is 79.9. The minimum atomic E-state index is -0.777. The standard InChI is InChI=1S/C14H9BrF3NO/c15-10-6-8(4-5-13(10)18)19-14(20)7-9-11(16)2-1-3-12(9)17/h1-6H,7H2,(H,19,20). The van der Waals surface area contributed by atoms with Gasteiger partial charge in [-0.15, -0.1) is 0 Å². The molecule has 0 unspecified atom stereocenters. The Morgan fingerprint density at radius 1 is 1.05 bits per heavy atom. The average Bonchev–Trinajstić information content (AvgIpc) is 2.38. The summed E-state index contributed by atoms with van der Waals surface area (Å²) >= 11 is 2.98. The first kappa shape index (κ1) is 14.6. The van der Waals surface area contributed by atoms with Crippen molar-refractivity contribution in [3.05, 3.63) is 63.9 Å². The van der Waals surface area contributed by atoms with E-state index in [1.54, 1.807) is 0 Å². The van der Waals surface area contributed by atoms with Gasteiger partial charge in [-0.3, -0.25) is 4.79 Å². The number of hydrogen-bond donors (Lipinski definition) is 1. The minimum absolute atomic E-state index is 0.187. The second-order valence-corrected chi connectivity index (χ2v) is 4.91. The van der Waals surface area contributed by atoms with Crippen molar-refractivity contribution >= 4 is 27.5 Å². The summed E-state index contributed by atoms with van der Waals surface area (Å²) < 4.78 is 40.0. The molecule has 0 aliphatic heterocycles. The van der Waals surface area contributed by atoms with Gasteiger partial charge in [-0.1, -0.05) is 6.07 Å². The molecule has 104 valence electrons. The summed E-state index contributed by atoms with van der Waals surface area (Å²) in [5, 5.41) is 2.44. The van der Waals surface area contributed by atoms with E-state index in [2.05, 4.69) is 21.2 Å². The van der Waals surface area contributed by atoms with Gasteiger partial charge in [-0.25, -0.2) is 13.2 Å². The SMILES string of the molecule is O=C(Cc1c(F)cccc1F)Nc1ccc(F)c(Br)c1. The molecule has 20 heavy (non-hydrogen) atoms. The van der Waals surface area contributed by atoms with Crippen LogP contribution in [-0.4, -0.2) is 5.91 Å². The number of rotatable bonds is 3. The van der Waals surface area contributed by atoms with Gasteiger partial charge in [0.15, 0.2) is 0 Å². The number of halogens is 4. The van der Waals surface area contributed by atoms with E-state index in [0.717, 1.165) is 12.1 Å². The highest BCUT2D eigenvalue weighted by Crippen LogP contribution is 2.20. The van der Waals surface area contributed by atoms with Crippen LogP contribution in [0.25, 0.3) is 0 Å². The highest BCUT2D eigenvalue weighted by Gasteiger charge is 2.13. The Labute approximate surface area is 121 Å². The third-order valence-corrected chi connectivity index (χ3v) is 3.21. The topological polar surface area (TPSA) is 29.1 Å². The molecule has 1 N–H and O–H groups in total. The van der Waals surface area contributed by atoms with E-state index in [1.807, 2.05) is 0 Å². The molecule has 0 fully saturated rings. The zero-order valence-electron chi connectivity index (χ0n) is 10.1. The maximum Gasteiger partial charge on any atom is 0.229 e. The van der Waals surface area contributed by atoms with Crippen LogP contribution < -0.4 is 5.32 Å². The van der Waals surface area contributed by atoms with Gasteiger partial charge < -0.3 is 5.32 Å². The Morgan fingerprint density at radius 3 is 2.30 bits per heavy atom. The van der Waals surface area contributed by atoms with Crippen LogP contribution in [0.2, 0.25) is 0 Å². The second kappa shape index (κ2) is 6.09. The van der Waals surface area contributed by atoms with Crippen LogP contribution in [0.15, 0.2) is 40.9 Å². The summed E-state index contributed by atoms with van der Waals surface area (Å²) in [4.78, 5) is 11.7. The van der Waals surface area contributed by atoms with Crippen molar-refractivity contribution in [2.45, 2.75) is 6.42 Å². The lowest BCUT2D eigenvalue weighted by atomic mass is 10.1. The molecule has 0 saturated heterocycles. The number of nitrogens with one attached hydrogen (secondary N) is 1. The van der Waals surface area contributed by atoms with Gasteiger partial charge in [0.05, 0.1) is 10.9 Å². The fourth-order valence-electron chi connectivity index (χ4n) is 1.64. The summed E-state index contributed by atoms with van der Waals surface area (Å²) in [5.41, 5.74) is 0.0335. The summed E-state index contributed by atoms with van der Waals surface area (Å²) in [5.74, 6) is -2.61. The van der Waals surface area contributed by atoms with Gasteiger partial charge >= 0.3 is 0 Å². The Kier molecular flexibility index (Phi) is 4.44. The Bertz CT molecular complexity index is 641. The van der Waals surface area contributed by atoms with E-state index in [9.17, 15) is 18.0 Å². The van der Waals surface area contributed by atoms with E-state index >= 15 is 0 Å². The molecule has 0 aliphatic rings. The van der Waals surface area contributed by atoms with Gasteiger partial charge in [-0.2, -0.15) is 0 Å². The third-order valence-electron chi connectivity index (χ3n) is 2.60. The molecule has 0 spiro atoms. The molecule has 2 aromatic carbocycles. The number of carbonyl (C=O) groups excluding carboxylic acids is 1. The normalized spacial score (nSPS) is 10.4. The molecular formula is C14H9BrF3NO. The molecule has 0 radical (unpaired) electrons. The van der Waals surface area contributed by atoms with Crippen molar-refractivity contribution in [2.24, 2.45) is 0 Å². The van der Waals surface area contributed by atoms with E-state index in [-0.39, 0.29) is 10.0 Å². The average molecular weight is 344 g/mol. The number of hydrogen-bond acceptors (Lipinski definition) is 1. The first-order chi connectivity index (χ1) is 9.47. The highest BCUT2D eigenvalue weighted by molar-refractivity contribution is 9.10. The monoisotopic (exact) mass is 343 g/mol. The third kappa shape index (κ3) is 3.39. The maximum absolute atomic E-state index is 13.4. The van der Waals surface area contributed by atoms with Crippen molar-refractivity contribution in [1.82, 2.24) is 0 Å². The van der Waals surface area contributed by atoms with Crippen LogP contribution in [0.3, 0.4) is 0 Å². The predicted molar refractivity (Wildman–Crippen MR) is 72.8 cm³/mol. The Morgan fingerprint density at radius 2 is 1.70 bits per heavy atom. The number of anilines is 1. The van der Waals surface area contributed by atoms with Crippen molar-refractivity contribution in [2.75, 3.05) is 5.32 Å². The smallest absolute Gasteiger partial charge is 0.229 e. The molecule has 0 bridgehead atoms. The zero-order chi connectivity index (χ0) is 14.7. The van der Waals surface area contributed by atoms with Crippen molar-refractivity contribution in [1.29, 1.82) is 0 Å². The summed E-state index contributed by atoms with van der Waals surface area (Å²) in [6.07, 6.45) is -0.437.